The molecule has 0 atom stereocenters. The Kier molecular flexibility index (Phi) is 12.9. The summed E-state index contributed by atoms with van der Waals surface area (Å²) < 4.78 is 85.1. The molecule has 3 aromatic carbocycles. The highest BCUT2D eigenvalue weighted by molar-refractivity contribution is 5.72. The van der Waals surface area contributed by atoms with E-state index >= 15 is 0 Å². The first-order valence-corrected chi connectivity index (χ1v) is 19.2. The van der Waals surface area contributed by atoms with E-state index in [0.29, 0.717) is 39.8 Å². The molecule has 0 unspecified atom stereocenters. The van der Waals surface area contributed by atoms with Crippen molar-refractivity contribution in [1.29, 1.82) is 0 Å². The third kappa shape index (κ3) is 9.97. The zero-order chi connectivity index (χ0) is 40.4. The fraction of sp³-hybridized carbons (Fsp3) is 0.295. The summed E-state index contributed by atoms with van der Waals surface area (Å²) in [5.41, 5.74) is 7.35. The van der Waals surface area contributed by atoms with Crippen LogP contribution in [0, 0.1) is 23.3 Å². The number of pyridine rings is 2. The number of nitrogens with one attached hydrogen (secondary N) is 1. The van der Waals surface area contributed by atoms with Crippen molar-refractivity contribution in [2.75, 3.05) is 18.2 Å². The van der Waals surface area contributed by atoms with Crippen LogP contribution in [0.25, 0.3) is 22.3 Å². The Bertz CT molecular complexity index is 2250. The molecule has 2 fully saturated rings. The first-order chi connectivity index (χ1) is 28.2. The van der Waals surface area contributed by atoms with E-state index in [1.165, 1.54) is 24.3 Å². The van der Waals surface area contributed by atoms with Crippen LogP contribution in [0.4, 0.5) is 28.9 Å². The molecule has 14 heteroatoms. The Balaban J connectivity index is 0.000000206. The molecule has 0 saturated heterocycles. The molecule has 8 rings (SSSR count). The number of methoxy groups -OCH3 is 1. The van der Waals surface area contributed by atoms with Crippen molar-refractivity contribution in [1.82, 2.24) is 15.1 Å². The molecule has 3 N–H and O–H groups in total. The lowest BCUT2D eigenvalue weighted by Gasteiger charge is -2.16. The lowest BCUT2D eigenvalue weighted by Crippen LogP contribution is -2.12. The summed E-state index contributed by atoms with van der Waals surface area (Å²) in [6, 6.07) is 20.9. The van der Waals surface area contributed by atoms with Gasteiger partial charge in [0.1, 0.15) is 59.2 Å². The van der Waals surface area contributed by atoms with Crippen LogP contribution in [-0.4, -0.2) is 34.4 Å². The van der Waals surface area contributed by atoms with E-state index in [0.717, 1.165) is 62.7 Å². The summed E-state index contributed by atoms with van der Waals surface area (Å²) >= 11 is 0. The van der Waals surface area contributed by atoms with Crippen LogP contribution in [0.3, 0.4) is 0 Å². The van der Waals surface area contributed by atoms with E-state index in [1.807, 2.05) is 24.3 Å². The molecule has 0 spiro atoms. The molecule has 58 heavy (non-hydrogen) atoms. The first-order valence-electron chi connectivity index (χ1n) is 19.2. The molecule has 302 valence electrons. The predicted molar refractivity (Wildman–Crippen MR) is 211 cm³/mol. The van der Waals surface area contributed by atoms with Crippen LogP contribution in [0.15, 0.2) is 95.8 Å². The van der Waals surface area contributed by atoms with Gasteiger partial charge in [-0.1, -0.05) is 12.1 Å². The Morgan fingerprint density at radius 2 is 1.22 bits per heavy atom. The molecular weight excluding hydrogens is 755 g/mol. The molecule has 10 nitrogen and oxygen atoms in total. The van der Waals surface area contributed by atoms with Crippen LogP contribution in [-0.2, 0) is 13.2 Å². The number of hydrogen-bond acceptors (Lipinski definition) is 10. The van der Waals surface area contributed by atoms with Gasteiger partial charge in [-0.2, -0.15) is 0 Å². The van der Waals surface area contributed by atoms with Crippen molar-refractivity contribution in [2.24, 2.45) is 0 Å². The summed E-state index contributed by atoms with van der Waals surface area (Å²) in [6.45, 7) is 0.309. The van der Waals surface area contributed by atoms with E-state index in [9.17, 15) is 17.6 Å². The number of nitrogens with zero attached hydrogens (tertiary/aromatic N) is 3. The molecule has 0 radical (unpaired) electrons. The molecule has 0 amide bonds. The average molecular weight is 798 g/mol. The number of anilines is 2. The number of hydrogen-bond donors (Lipinski definition) is 2. The quantitative estimate of drug-likeness (QED) is 0.0861. The Morgan fingerprint density at radius 1 is 0.707 bits per heavy atom. The molecule has 0 bridgehead atoms. The lowest BCUT2D eigenvalue weighted by atomic mass is 10.1. The number of nitrogens with two attached hydrogens (primary N) is 1. The van der Waals surface area contributed by atoms with Crippen LogP contribution < -0.4 is 30.0 Å². The van der Waals surface area contributed by atoms with Crippen molar-refractivity contribution >= 4 is 11.4 Å². The fourth-order valence-electron chi connectivity index (χ4n) is 6.87. The van der Waals surface area contributed by atoms with Gasteiger partial charge >= 0.3 is 0 Å². The van der Waals surface area contributed by atoms with Crippen molar-refractivity contribution < 1.29 is 41.0 Å². The van der Waals surface area contributed by atoms with Gasteiger partial charge in [0.25, 0.3) is 5.88 Å². The maximum absolute atomic E-state index is 15.0. The highest BCUT2D eigenvalue weighted by Crippen LogP contribution is 2.36. The van der Waals surface area contributed by atoms with Crippen LogP contribution in [0.5, 0.6) is 23.4 Å². The molecule has 3 aromatic heterocycles. The van der Waals surface area contributed by atoms with Crippen LogP contribution in [0.1, 0.15) is 62.7 Å². The van der Waals surface area contributed by atoms with Crippen molar-refractivity contribution in [3.8, 4) is 45.6 Å². The average Bonchev–Trinajstić information content (AvgIpc) is 4.05. The van der Waals surface area contributed by atoms with E-state index in [-0.39, 0.29) is 36.9 Å². The Labute approximate surface area is 333 Å². The van der Waals surface area contributed by atoms with Crippen LogP contribution >= 0.6 is 0 Å². The summed E-state index contributed by atoms with van der Waals surface area (Å²) in [7, 11) is 1.60. The van der Waals surface area contributed by atoms with E-state index in [1.54, 1.807) is 49.8 Å². The fourth-order valence-corrected chi connectivity index (χ4v) is 6.87. The zero-order valence-corrected chi connectivity index (χ0v) is 31.9. The molecule has 2 aliphatic carbocycles. The smallest absolute Gasteiger partial charge is 0.254 e. The van der Waals surface area contributed by atoms with Crippen molar-refractivity contribution in [2.45, 2.75) is 76.7 Å². The van der Waals surface area contributed by atoms with Gasteiger partial charge in [0, 0.05) is 29.6 Å². The van der Waals surface area contributed by atoms with E-state index < -0.39 is 29.0 Å². The maximum atomic E-state index is 15.0. The predicted octanol–water partition coefficient (Wildman–Crippen LogP) is 10.5. The lowest BCUT2D eigenvalue weighted by molar-refractivity contribution is 0.202. The Morgan fingerprint density at radius 3 is 1.74 bits per heavy atom. The minimum absolute atomic E-state index is 0.0228. The number of ether oxygens (including phenoxy) is 4. The highest BCUT2D eigenvalue weighted by Gasteiger charge is 2.22. The van der Waals surface area contributed by atoms with Gasteiger partial charge in [0.05, 0.1) is 13.7 Å². The standard InChI is InChI=1S/C28H27F2N3O4.C16H16F2N2O/c1-34-20-10-8-18(9-11-20)17-35-26-15-22(37-33-26)16-32-27-24(29)13-19(14-25(27)30)23-7-4-12-31-28(23)36-21-5-2-3-6-21;17-13-8-10(9-14(18)15(13)19)12-6-3-7-20-16(12)21-11-4-1-2-5-11/h4,7-15,21,32H,2-3,5-6,16-17H2,1H3;3,6-9,11H,1-2,4-5,19H2. The van der Waals surface area contributed by atoms with Gasteiger partial charge in [0.15, 0.2) is 5.76 Å². The minimum atomic E-state index is -0.777. The monoisotopic (exact) mass is 797 g/mol. The summed E-state index contributed by atoms with van der Waals surface area (Å²) in [6.07, 6.45) is 11.8. The summed E-state index contributed by atoms with van der Waals surface area (Å²) in [4.78, 5) is 8.50. The van der Waals surface area contributed by atoms with Crippen molar-refractivity contribution in [3.05, 3.63) is 126 Å². The molecule has 0 aliphatic heterocycles. The third-order valence-electron chi connectivity index (χ3n) is 9.97. The molecule has 2 aliphatic rings. The topological polar surface area (TPSA) is 127 Å². The third-order valence-corrected chi connectivity index (χ3v) is 9.97. The minimum Gasteiger partial charge on any atom is -0.497 e. The number of benzene rings is 3. The number of rotatable bonds is 13. The van der Waals surface area contributed by atoms with E-state index in [2.05, 4.69) is 20.4 Å². The van der Waals surface area contributed by atoms with Crippen LogP contribution in [0.2, 0.25) is 0 Å². The van der Waals surface area contributed by atoms with Gasteiger partial charge in [-0.3, -0.25) is 0 Å². The van der Waals surface area contributed by atoms with Crippen molar-refractivity contribution in [3.63, 3.8) is 0 Å². The normalized spacial score (nSPS) is 14.2. The molecule has 2 saturated carbocycles. The summed E-state index contributed by atoms with van der Waals surface area (Å²) in [5, 5.41) is 6.61. The largest absolute Gasteiger partial charge is 0.497 e. The van der Waals surface area contributed by atoms with Gasteiger partial charge in [-0.15, -0.1) is 0 Å². The van der Waals surface area contributed by atoms with Gasteiger partial charge < -0.3 is 34.5 Å². The first kappa shape index (κ1) is 39.9. The molecule has 6 aromatic rings. The number of aromatic nitrogens is 3. The maximum Gasteiger partial charge on any atom is 0.254 e. The van der Waals surface area contributed by atoms with Gasteiger partial charge in [-0.05, 0) is 134 Å². The second kappa shape index (κ2) is 18.8. The summed E-state index contributed by atoms with van der Waals surface area (Å²) in [5.74, 6) is -0.832. The van der Waals surface area contributed by atoms with Gasteiger partial charge in [-0.25, -0.2) is 27.5 Å². The SMILES string of the molecule is COc1ccc(COc2cc(CNc3c(F)cc(-c4cccnc4OC4CCCC4)cc3F)on2)cc1.Nc1c(F)cc(-c2cccnc2OC2CCCC2)cc1F. The zero-order valence-electron chi connectivity index (χ0n) is 31.9. The molecular formula is C44H43F4N5O5. The Hall–Kier alpha value is -6.31. The molecule has 3 heterocycles. The van der Waals surface area contributed by atoms with E-state index in [4.69, 9.17) is 29.2 Å². The highest BCUT2D eigenvalue weighted by atomic mass is 19.1. The van der Waals surface area contributed by atoms with Gasteiger partial charge in [0.2, 0.25) is 11.8 Å². The second-order valence-electron chi connectivity index (χ2n) is 14.1. The second-order valence-corrected chi connectivity index (χ2v) is 14.1. The number of halogens is 4. The number of nitrogen functional groups attached to an aromatic ring is 1.